The van der Waals surface area contributed by atoms with Gasteiger partial charge in [-0.1, -0.05) is 33.9 Å². The largest absolute Gasteiger partial charge is 0.380 e. The van der Waals surface area contributed by atoms with Gasteiger partial charge < -0.3 is 15.0 Å². The van der Waals surface area contributed by atoms with E-state index in [1.807, 2.05) is 4.72 Å². The fourth-order valence-electron chi connectivity index (χ4n) is 3.10. The average molecular weight is 402 g/mol. The van der Waals surface area contributed by atoms with Gasteiger partial charge in [0.2, 0.25) is 10.0 Å². The predicted octanol–water partition coefficient (Wildman–Crippen LogP) is 1.84. The van der Waals surface area contributed by atoms with Crippen LogP contribution in [-0.4, -0.2) is 56.8 Å². The highest BCUT2D eigenvalue weighted by Crippen LogP contribution is 2.33. The Labute approximate surface area is 164 Å². The van der Waals surface area contributed by atoms with Gasteiger partial charge in [-0.15, -0.1) is 0 Å². The minimum atomic E-state index is -3.63. The molecule has 1 aliphatic heterocycles. The molecule has 1 saturated heterocycles. The fourth-order valence-corrected chi connectivity index (χ4v) is 3.69. The van der Waals surface area contributed by atoms with Gasteiger partial charge in [0.25, 0.3) is 5.91 Å². The molecule has 7 nitrogen and oxygen atoms in total. The second-order valence-corrected chi connectivity index (χ2v) is 10.0. The van der Waals surface area contributed by atoms with Crippen LogP contribution in [0.4, 0.5) is 0 Å². The summed E-state index contributed by atoms with van der Waals surface area (Å²) in [4.78, 5) is 14.5. The summed E-state index contributed by atoms with van der Waals surface area (Å²) in [6.07, 6.45) is 1.71. The van der Waals surface area contributed by atoms with Gasteiger partial charge in [-0.2, -0.15) is 0 Å². The Morgan fingerprint density at radius 2 is 1.81 bits per heavy atom. The monoisotopic (exact) mass is 401 g/mol. The maximum Gasteiger partial charge on any atom is 0.258 e. The normalized spacial score (nSPS) is 21.9. The highest BCUT2D eigenvalue weighted by Gasteiger charge is 2.39. The molecule has 0 radical (unpaired) electrons. The summed E-state index contributed by atoms with van der Waals surface area (Å²) in [7, 11) is -1.95. The van der Waals surface area contributed by atoms with E-state index < -0.39 is 21.5 Å². The highest BCUT2D eigenvalue weighted by molar-refractivity contribution is 7.89. The summed E-state index contributed by atoms with van der Waals surface area (Å²) in [5.74, 6) is 0.101. The predicted molar refractivity (Wildman–Crippen MR) is 108 cm³/mol. The highest BCUT2D eigenvalue weighted by atomic mass is 32.2. The molecule has 3 unspecified atom stereocenters. The first-order valence-electron chi connectivity index (χ1n) is 9.17. The van der Waals surface area contributed by atoms with E-state index in [1.54, 1.807) is 21.0 Å². The minimum absolute atomic E-state index is 0.0395. The van der Waals surface area contributed by atoms with E-state index in [0.29, 0.717) is 18.2 Å². The number of amides is 1. The molecule has 1 amide bonds. The van der Waals surface area contributed by atoms with E-state index in [-0.39, 0.29) is 18.1 Å². The molecule has 0 bridgehead atoms. The zero-order valence-electron chi connectivity index (χ0n) is 17.6. The third-order valence-electron chi connectivity index (χ3n) is 5.21. The summed E-state index contributed by atoms with van der Waals surface area (Å²) >= 11 is 0. The van der Waals surface area contributed by atoms with E-state index in [0.717, 1.165) is 18.4 Å². The molecule has 1 rings (SSSR count). The number of carbonyl (C=O) groups excluding carboxylic acids is 1. The van der Waals surface area contributed by atoms with Crippen molar-refractivity contribution < 1.29 is 17.9 Å². The van der Waals surface area contributed by atoms with E-state index in [4.69, 9.17) is 4.74 Å². The summed E-state index contributed by atoms with van der Waals surface area (Å²) in [6.45, 7) is 18.8. The number of hydrogen-bond acceptors (Lipinski definition) is 6. The molecular weight excluding hydrogens is 366 g/mol. The van der Waals surface area contributed by atoms with Crippen LogP contribution in [0.15, 0.2) is 24.6 Å². The van der Waals surface area contributed by atoms with Crippen molar-refractivity contribution in [1.29, 1.82) is 0 Å². The van der Waals surface area contributed by atoms with Gasteiger partial charge in [0.05, 0.1) is 18.4 Å². The average Bonchev–Trinajstić information content (AvgIpc) is 2.95. The lowest BCUT2D eigenvalue weighted by Gasteiger charge is -2.36. The van der Waals surface area contributed by atoms with Gasteiger partial charge in [-0.25, -0.2) is 8.42 Å². The zero-order valence-corrected chi connectivity index (χ0v) is 18.4. The van der Waals surface area contributed by atoms with Gasteiger partial charge in [0.1, 0.15) is 5.54 Å². The van der Waals surface area contributed by atoms with Crippen molar-refractivity contribution in [3.8, 4) is 0 Å². The summed E-state index contributed by atoms with van der Waals surface area (Å²) < 4.78 is 30.3. The van der Waals surface area contributed by atoms with E-state index in [1.165, 1.54) is 0 Å². The van der Waals surface area contributed by atoms with Crippen LogP contribution in [0, 0.1) is 11.8 Å². The second kappa shape index (κ2) is 8.65. The first-order chi connectivity index (χ1) is 12.2. The number of nitrogens with one attached hydrogen (secondary N) is 2. The smallest absolute Gasteiger partial charge is 0.258 e. The Bertz CT molecular complexity index is 685. The molecule has 156 valence electrons. The molecule has 0 saturated carbocycles. The topological polar surface area (TPSA) is 87.7 Å². The quantitative estimate of drug-likeness (QED) is 0.613. The van der Waals surface area contributed by atoms with Crippen LogP contribution in [0.1, 0.15) is 41.0 Å². The second-order valence-electron chi connectivity index (χ2n) is 8.26. The maximum atomic E-state index is 12.3. The number of methoxy groups -OCH3 is 1. The van der Waals surface area contributed by atoms with Crippen molar-refractivity contribution in [2.45, 2.75) is 58.7 Å². The Hall–Kier alpha value is -1.54. The Morgan fingerprint density at radius 1 is 1.26 bits per heavy atom. The Balaban J connectivity index is 2.97. The van der Waals surface area contributed by atoms with Crippen LogP contribution in [-0.2, 0) is 19.6 Å². The van der Waals surface area contributed by atoms with Gasteiger partial charge in [-0.3, -0.25) is 9.52 Å². The molecule has 8 heteroatoms. The molecule has 0 aromatic carbocycles. The molecule has 0 aromatic heterocycles. The number of hydrogen-bond donors (Lipinski definition) is 2. The molecule has 0 spiro atoms. The first-order valence-corrected chi connectivity index (χ1v) is 11.1. The molecular formula is C19H35N3O4S. The van der Waals surface area contributed by atoms with Crippen molar-refractivity contribution in [3.05, 3.63) is 24.6 Å². The number of carbonyl (C=O) groups is 1. The van der Waals surface area contributed by atoms with Crippen molar-refractivity contribution >= 4 is 15.9 Å². The van der Waals surface area contributed by atoms with Crippen LogP contribution in [0.2, 0.25) is 0 Å². The van der Waals surface area contributed by atoms with Crippen LogP contribution in [0.5, 0.6) is 0 Å². The Morgan fingerprint density at radius 3 is 2.26 bits per heavy atom. The lowest BCUT2D eigenvalue weighted by atomic mass is 9.93. The van der Waals surface area contributed by atoms with Crippen LogP contribution in [0.3, 0.4) is 0 Å². The van der Waals surface area contributed by atoms with E-state index in [2.05, 4.69) is 44.1 Å². The molecule has 0 aromatic rings. The molecule has 1 fully saturated rings. The van der Waals surface area contributed by atoms with Crippen LogP contribution >= 0.6 is 0 Å². The van der Waals surface area contributed by atoms with Gasteiger partial charge in [0, 0.05) is 31.5 Å². The van der Waals surface area contributed by atoms with E-state index >= 15 is 0 Å². The molecule has 2 N–H and O–H groups in total. The lowest BCUT2D eigenvalue weighted by molar-refractivity contribution is -0.124. The zero-order chi connectivity index (χ0) is 21.2. The standard InChI is InChI=1S/C19H35N3O4S/c1-12(2)13(3)15(5)22-11-16(26-8)10-17(22)14(4)20-19(6,7)18(23)21-27(9,24)25/h12-13,16-17,20H,4-5,10-11H2,1-3,6-9H3,(H,21,23). The number of nitrogens with zero attached hydrogens (tertiary/aromatic N) is 1. The van der Waals surface area contributed by atoms with Crippen molar-refractivity contribution in [3.63, 3.8) is 0 Å². The minimum Gasteiger partial charge on any atom is -0.380 e. The lowest BCUT2D eigenvalue weighted by Crippen LogP contribution is -2.55. The molecule has 27 heavy (non-hydrogen) atoms. The van der Waals surface area contributed by atoms with Crippen LogP contribution in [0.25, 0.3) is 0 Å². The summed E-state index contributed by atoms with van der Waals surface area (Å²) in [6, 6.07) is -0.0889. The van der Waals surface area contributed by atoms with Gasteiger partial charge >= 0.3 is 0 Å². The molecule has 3 atom stereocenters. The number of allylic oxidation sites excluding steroid dienone is 1. The first kappa shape index (κ1) is 23.5. The van der Waals surface area contributed by atoms with Crippen molar-refractivity contribution in [2.24, 2.45) is 11.8 Å². The number of likely N-dealkylation sites (tertiary alicyclic amines) is 1. The van der Waals surface area contributed by atoms with Gasteiger partial charge in [-0.05, 0) is 25.7 Å². The number of ether oxygens (including phenoxy) is 1. The Kier molecular flexibility index (Phi) is 7.52. The fraction of sp³-hybridized carbons (Fsp3) is 0.737. The maximum absolute atomic E-state index is 12.3. The van der Waals surface area contributed by atoms with Crippen molar-refractivity contribution in [1.82, 2.24) is 14.9 Å². The molecule has 0 aliphatic carbocycles. The third kappa shape index (κ3) is 6.24. The molecule has 1 aliphatic rings. The molecule has 1 heterocycles. The van der Waals surface area contributed by atoms with Gasteiger partial charge in [0.15, 0.2) is 0 Å². The van der Waals surface area contributed by atoms with Crippen LogP contribution < -0.4 is 10.0 Å². The summed E-state index contributed by atoms with van der Waals surface area (Å²) in [5.41, 5.74) is 0.512. The van der Waals surface area contributed by atoms with Crippen molar-refractivity contribution in [2.75, 3.05) is 19.9 Å². The number of sulfonamides is 1. The van der Waals surface area contributed by atoms with E-state index in [9.17, 15) is 13.2 Å². The SMILES string of the molecule is C=C(NC(C)(C)C(=O)NS(C)(=O)=O)C1CC(OC)CN1C(=C)C(C)C(C)C. The third-order valence-corrected chi connectivity index (χ3v) is 5.77. The number of rotatable bonds is 9. The summed E-state index contributed by atoms with van der Waals surface area (Å²) in [5, 5.41) is 3.11.